The summed E-state index contributed by atoms with van der Waals surface area (Å²) < 4.78 is 87.0. The van der Waals surface area contributed by atoms with Gasteiger partial charge in [0.1, 0.15) is 11.5 Å². The second kappa shape index (κ2) is 11.7. The van der Waals surface area contributed by atoms with E-state index in [0.717, 1.165) is 12.1 Å². The van der Waals surface area contributed by atoms with E-state index in [9.17, 15) is 31.1 Å². The SMILES string of the molecule is Cc1nc(C(=O)C2CCCC(F)(F)C[C@@H](C)C(COc3ccc(C(F)(F)F)cn3)C2)c(-c2ccc(F)cc2)s1. The molecule has 11 heteroatoms. The number of Topliss-reactive ketones (excluding diaryl/α,β-unsaturated/α-hetero) is 1. The molecule has 4 nitrogen and oxygen atoms in total. The molecule has 1 aromatic carbocycles. The molecule has 0 saturated heterocycles. The molecule has 3 aromatic rings. The highest BCUT2D eigenvalue weighted by Gasteiger charge is 2.39. The van der Waals surface area contributed by atoms with Crippen LogP contribution in [0.5, 0.6) is 5.88 Å². The largest absolute Gasteiger partial charge is 0.477 e. The Morgan fingerprint density at radius 2 is 1.87 bits per heavy atom. The first-order chi connectivity index (χ1) is 18.3. The van der Waals surface area contributed by atoms with E-state index in [-0.39, 0.29) is 56.1 Å². The molecular weight excluding hydrogens is 542 g/mol. The van der Waals surface area contributed by atoms with Crippen molar-refractivity contribution in [3.05, 3.63) is 64.7 Å². The average molecular weight is 571 g/mol. The van der Waals surface area contributed by atoms with E-state index in [1.165, 1.54) is 23.5 Å². The fourth-order valence-electron chi connectivity index (χ4n) is 4.94. The van der Waals surface area contributed by atoms with Crippen LogP contribution in [0.1, 0.15) is 60.1 Å². The van der Waals surface area contributed by atoms with Crippen LogP contribution in [-0.4, -0.2) is 28.3 Å². The average Bonchev–Trinajstić information content (AvgIpc) is 3.27. The second-order valence-electron chi connectivity index (χ2n) is 10.1. The molecule has 1 saturated carbocycles. The number of aryl methyl sites for hydroxylation is 1. The van der Waals surface area contributed by atoms with Crippen LogP contribution >= 0.6 is 11.3 Å². The summed E-state index contributed by atoms with van der Waals surface area (Å²) in [6, 6.07) is 7.66. The van der Waals surface area contributed by atoms with Gasteiger partial charge in [-0.05, 0) is 61.8 Å². The smallest absolute Gasteiger partial charge is 0.417 e. The molecule has 0 N–H and O–H groups in total. The molecule has 39 heavy (non-hydrogen) atoms. The number of hydrogen-bond donors (Lipinski definition) is 0. The summed E-state index contributed by atoms with van der Waals surface area (Å²) in [6.07, 6.45) is -4.00. The van der Waals surface area contributed by atoms with Gasteiger partial charge >= 0.3 is 6.18 Å². The van der Waals surface area contributed by atoms with Crippen molar-refractivity contribution in [1.82, 2.24) is 9.97 Å². The number of aromatic nitrogens is 2. The third kappa shape index (κ3) is 7.38. The van der Waals surface area contributed by atoms with Gasteiger partial charge in [0, 0.05) is 31.0 Å². The van der Waals surface area contributed by atoms with Crippen molar-refractivity contribution < 1.29 is 35.9 Å². The molecule has 2 aromatic heterocycles. The Labute approximate surface area is 226 Å². The Bertz CT molecular complexity index is 1270. The Hall–Kier alpha value is -2.95. The fraction of sp³-hybridized carbons (Fsp3) is 0.464. The quantitative estimate of drug-likeness (QED) is 0.221. The van der Waals surface area contributed by atoms with Gasteiger partial charge in [-0.25, -0.2) is 23.1 Å². The van der Waals surface area contributed by atoms with Crippen LogP contribution in [0.25, 0.3) is 10.4 Å². The number of ether oxygens (including phenoxy) is 1. The van der Waals surface area contributed by atoms with Crippen LogP contribution in [0.15, 0.2) is 42.6 Å². The number of rotatable bonds is 6. The number of halogens is 6. The highest BCUT2D eigenvalue weighted by Crippen LogP contribution is 2.40. The Morgan fingerprint density at radius 3 is 2.51 bits per heavy atom. The van der Waals surface area contributed by atoms with Gasteiger partial charge in [-0.1, -0.05) is 19.1 Å². The maximum absolute atomic E-state index is 14.7. The summed E-state index contributed by atoms with van der Waals surface area (Å²) in [7, 11) is 0. The maximum Gasteiger partial charge on any atom is 0.417 e. The number of alkyl halides is 5. The predicted molar refractivity (Wildman–Crippen MR) is 135 cm³/mol. The van der Waals surface area contributed by atoms with Crippen LogP contribution < -0.4 is 4.74 Å². The normalized spacial score (nSPS) is 22.0. The van der Waals surface area contributed by atoms with Crippen molar-refractivity contribution >= 4 is 17.1 Å². The molecule has 0 aliphatic heterocycles. The van der Waals surface area contributed by atoms with Crippen LogP contribution in [0.4, 0.5) is 26.3 Å². The van der Waals surface area contributed by atoms with Crippen molar-refractivity contribution in [2.75, 3.05) is 6.61 Å². The Balaban J connectivity index is 1.58. The molecular formula is C28H28F6N2O2S. The molecule has 1 aliphatic carbocycles. The monoisotopic (exact) mass is 570 g/mol. The standard InChI is InChI=1S/C28H28F6N2O2S/c1-16-13-27(30,31)11-3-4-19(12-20(16)15-38-23-10-7-21(14-35-23)28(32,33)34)25(37)24-26(39-17(2)36-24)18-5-8-22(29)9-6-18/h5-10,14,16,19-20H,3-4,11-13,15H2,1-2H3/t16-,19?,20?/m1/s1. The van der Waals surface area contributed by atoms with Crippen LogP contribution in [0, 0.1) is 30.5 Å². The lowest BCUT2D eigenvalue weighted by Gasteiger charge is -2.28. The van der Waals surface area contributed by atoms with Crippen molar-refractivity contribution in [2.24, 2.45) is 17.8 Å². The van der Waals surface area contributed by atoms with Gasteiger partial charge in [0.15, 0.2) is 5.78 Å². The number of benzene rings is 1. The van der Waals surface area contributed by atoms with E-state index in [4.69, 9.17) is 4.74 Å². The van der Waals surface area contributed by atoms with E-state index in [1.54, 1.807) is 26.0 Å². The summed E-state index contributed by atoms with van der Waals surface area (Å²) in [4.78, 5) is 22.5. The molecule has 2 unspecified atom stereocenters. The van der Waals surface area contributed by atoms with E-state index in [0.29, 0.717) is 21.6 Å². The zero-order valence-electron chi connectivity index (χ0n) is 21.4. The van der Waals surface area contributed by atoms with E-state index >= 15 is 0 Å². The van der Waals surface area contributed by atoms with Gasteiger partial charge in [-0.15, -0.1) is 11.3 Å². The minimum atomic E-state index is -4.54. The zero-order chi connectivity index (χ0) is 28.4. The Kier molecular flexibility index (Phi) is 8.68. The first-order valence-electron chi connectivity index (χ1n) is 12.6. The van der Waals surface area contributed by atoms with Crippen LogP contribution in [0.2, 0.25) is 0 Å². The topological polar surface area (TPSA) is 52.1 Å². The lowest BCUT2D eigenvalue weighted by molar-refractivity contribution is -0.137. The summed E-state index contributed by atoms with van der Waals surface area (Å²) in [5.41, 5.74) is -0.0510. The van der Waals surface area contributed by atoms with Gasteiger partial charge < -0.3 is 4.74 Å². The molecule has 3 atom stereocenters. The summed E-state index contributed by atoms with van der Waals surface area (Å²) in [5, 5.41) is 0.647. The zero-order valence-corrected chi connectivity index (χ0v) is 22.2. The molecule has 0 bridgehead atoms. The van der Waals surface area contributed by atoms with Crippen molar-refractivity contribution in [2.45, 2.75) is 58.1 Å². The molecule has 4 rings (SSSR count). The van der Waals surface area contributed by atoms with Crippen LogP contribution in [0.3, 0.4) is 0 Å². The molecule has 210 valence electrons. The third-order valence-electron chi connectivity index (χ3n) is 7.06. The number of carbonyl (C=O) groups excluding carboxylic acids is 1. The number of pyridine rings is 1. The lowest BCUT2D eigenvalue weighted by atomic mass is 9.81. The minimum absolute atomic E-state index is 0.0570. The van der Waals surface area contributed by atoms with Crippen molar-refractivity contribution in [1.29, 1.82) is 0 Å². The molecule has 0 spiro atoms. The number of carbonyl (C=O) groups is 1. The van der Waals surface area contributed by atoms with Gasteiger partial charge in [-0.2, -0.15) is 13.2 Å². The minimum Gasteiger partial charge on any atom is -0.477 e. The van der Waals surface area contributed by atoms with Gasteiger partial charge in [-0.3, -0.25) is 4.79 Å². The summed E-state index contributed by atoms with van der Waals surface area (Å²) >= 11 is 1.30. The Morgan fingerprint density at radius 1 is 1.15 bits per heavy atom. The van der Waals surface area contributed by atoms with E-state index < -0.39 is 41.2 Å². The molecule has 2 heterocycles. The number of thiazole rings is 1. The number of ketones is 1. The molecule has 1 aliphatic rings. The lowest BCUT2D eigenvalue weighted by Crippen LogP contribution is -2.29. The first kappa shape index (κ1) is 29.0. The highest BCUT2D eigenvalue weighted by molar-refractivity contribution is 7.15. The third-order valence-corrected chi connectivity index (χ3v) is 8.08. The summed E-state index contributed by atoms with van der Waals surface area (Å²) in [5.74, 6) is -5.29. The fourth-order valence-corrected chi connectivity index (χ4v) is 5.87. The predicted octanol–water partition coefficient (Wildman–Crippen LogP) is 8.40. The van der Waals surface area contributed by atoms with Crippen molar-refractivity contribution in [3.63, 3.8) is 0 Å². The van der Waals surface area contributed by atoms with Crippen LogP contribution in [-0.2, 0) is 6.18 Å². The molecule has 1 fully saturated rings. The van der Waals surface area contributed by atoms with E-state index in [2.05, 4.69) is 9.97 Å². The molecule has 0 amide bonds. The van der Waals surface area contributed by atoms with Gasteiger partial charge in [0.05, 0.1) is 22.1 Å². The van der Waals surface area contributed by atoms with Crippen molar-refractivity contribution in [3.8, 4) is 16.3 Å². The first-order valence-corrected chi connectivity index (χ1v) is 13.5. The van der Waals surface area contributed by atoms with Gasteiger partial charge in [0.25, 0.3) is 0 Å². The number of hydrogen-bond acceptors (Lipinski definition) is 5. The second-order valence-corrected chi connectivity index (χ2v) is 11.3. The number of nitrogens with zero attached hydrogens (tertiary/aromatic N) is 2. The summed E-state index contributed by atoms with van der Waals surface area (Å²) in [6.45, 7) is 3.35. The maximum atomic E-state index is 14.7. The highest BCUT2D eigenvalue weighted by atomic mass is 32.1. The van der Waals surface area contributed by atoms with E-state index in [1.807, 2.05) is 0 Å². The van der Waals surface area contributed by atoms with Gasteiger partial charge in [0.2, 0.25) is 11.8 Å². The molecule has 0 radical (unpaired) electrons.